The van der Waals surface area contributed by atoms with E-state index in [9.17, 15) is 23.6 Å². The molecule has 12 heteroatoms. The third-order valence-corrected chi connectivity index (χ3v) is 8.51. The molecule has 1 aliphatic carbocycles. The summed E-state index contributed by atoms with van der Waals surface area (Å²) in [5, 5.41) is 6.49. The highest BCUT2D eigenvalue weighted by molar-refractivity contribution is 7.13. The van der Waals surface area contributed by atoms with Gasteiger partial charge in [-0.05, 0) is 44.5 Å². The smallest absolute Gasteiger partial charge is 0.280 e. The molecule has 2 aliphatic rings. The van der Waals surface area contributed by atoms with E-state index in [4.69, 9.17) is 0 Å². The zero-order chi connectivity index (χ0) is 27.8. The van der Waals surface area contributed by atoms with Crippen molar-refractivity contribution in [1.82, 2.24) is 30.4 Å². The first kappa shape index (κ1) is 26.9. The summed E-state index contributed by atoms with van der Waals surface area (Å²) in [6.45, 7) is 1.63. The van der Waals surface area contributed by atoms with Crippen molar-refractivity contribution in [3.63, 3.8) is 0 Å². The molecule has 0 radical (unpaired) electrons. The summed E-state index contributed by atoms with van der Waals surface area (Å²) in [5.74, 6) is -1.72. The fourth-order valence-corrected chi connectivity index (χ4v) is 6.42. The first-order valence-electron chi connectivity index (χ1n) is 12.9. The quantitative estimate of drug-likeness (QED) is 0.442. The maximum Gasteiger partial charge on any atom is 0.280 e. The number of aromatic nitrogens is 2. The van der Waals surface area contributed by atoms with Gasteiger partial charge in [0.25, 0.3) is 11.8 Å². The maximum absolute atomic E-state index is 13.6. The van der Waals surface area contributed by atoms with E-state index in [0.29, 0.717) is 29.8 Å². The SMILES string of the molecule is CN1CCc2nc(C(=O)NC3CC(C(=O)N(C)C)CCC3NC(=O)c3cc(=O)c4cc(F)ccc4[nH]3)sc2C1. The van der Waals surface area contributed by atoms with Crippen molar-refractivity contribution in [2.45, 2.75) is 44.3 Å². The van der Waals surface area contributed by atoms with Crippen LogP contribution in [0.1, 0.15) is 50.1 Å². The van der Waals surface area contributed by atoms with Gasteiger partial charge in [0.2, 0.25) is 5.91 Å². The lowest BCUT2D eigenvalue weighted by Gasteiger charge is -2.37. The number of aromatic amines is 1. The summed E-state index contributed by atoms with van der Waals surface area (Å²) in [4.78, 5) is 64.0. The van der Waals surface area contributed by atoms with Gasteiger partial charge >= 0.3 is 0 Å². The first-order chi connectivity index (χ1) is 18.6. The largest absolute Gasteiger partial charge is 0.350 e. The average Bonchev–Trinajstić information content (AvgIpc) is 3.33. The minimum absolute atomic E-state index is 0.0298. The first-order valence-corrected chi connectivity index (χ1v) is 13.7. The Kier molecular flexibility index (Phi) is 7.50. The zero-order valence-corrected chi connectivity index (χ0v) is 22.9. The average molecular weight is 555 g/mol. The molecule has 3 N–H and O–H groups in total. The van der Waals surface area contributed by atoms with Gasteiger partial charge in [0.15, 0.2) is 10.4 Å². The standard InChI is InChI=1S/C27H31FN6O4S/c1-33(2)27(38)14-4-6-18(30-24(36)21-12-22(35)16-11-15(28)5-7-17(16)29-21)20(10-14)31-25(37)26-32-19-8-9-34(3)13-23(19)39-26/h5,7,11-12,14,18,20H,4,6,8-10,13H2,1-3H3,(H,29,35)(H,30,36)(H,31,37). The molecule has 3 amide bonds. The highest BCUT2D eigenvalue weighted by Gasteiger charge is 2.37. The van der Waals surface area contributed by atoms with Gasteiger partial charge in [-0.25, -0.2) is 9.37 Å². The van der Waals surface area contributed by atoms with E-state index < -0.39 is 29.2 Å². The van der Waals surface area contributed by atoms with Crippen molar-refractivity contribution in [2.75, 3.05) is 27.7 Å². The lowest BCUT2D eigenvalue weighted by Crippen LogP contribution is -2.56. The van der Waals surface area contributed by atoms with E-state index in [1.807, 2.05) is 7.05 Å². The molecule has 39 heavy (non-hydrogen) atoms. The Morgan fingerprint density at radius 3 is 2.67 bits per heavy atom. The molecule has 1 fully saturated rings. The van der Waals surface area contributed by atoms with Crippen LogP contribution in [0.2, 0.25) is 0 Å². The van der Waals surface area contributed by atoms with Crippen molar-refractivity contribution in [1.29, 1.82) is 0 Å². The molecule has 1 aromatic carbocycles. The number of pyridine rings is 1. The van der Waals surface area contributed by atoms with Crippen LogP contribution in [0.15, 0.2) is 29.1 Å². The van der Waals surface area contributed by atoms with Crippen LogP contribution in [0, 0.1) is 11.7 Å². The second-order valence-electron chi connectivity index (χ2n) is 10.5. The number of benzene rings is 1. The number of rotatable bonds is 5. The Labute approximate surface area is 228 Å². The monoisotopic (exact) mass is 554 g/mol. The molecule has 1 aliphatic heterocycles. The van der Waals surface area contributed by atoms with Gasteiger partial charge in [-0.2, -0.15) is 0 Å². The van der Waals surface area contributed by atoms with Gasteiger partial charge in [0.1, 0.15) is 11.5 Å². The number of nitrogens with zero attached hydrogens (tertiary/aromatic N) is 3. The number of H-pyrrole nitrogens is 1. The van der Waals surface area contributed by atoms with Gasteiger partial charge in [-0.3, -0.25) is 19.2 Å². The number of carbonyl (C=O) groups excluding carboxylic acids is 3. The molecule has 1 saturated carbocycles. The molecular weight excluding hydrogens is 523 g/mol. The minimum Gasteiger partial charge on any atom is -0.350 e. The van der Waals surface area contributed by atoms with Crippen molar-refractivity contribution >= 4 is 40.0 Å². The van der Waals surface area contributed by atoms with E-state index in [1.165, 1.54) is 28.4 Å². The second-order valence-corrected chi connectivity index (χ2v) is 11.6. The fourth-order valence-electron chi connectivity index (χ4n) is 5.33. The summed E-state index contributed by atoms with van der Waals surface area (Å²) < 4.78 is 13.6. The van der Waals surface area contributed by atoms with E-state index in [2.05, 4.69) is 25.5 Å². The Morgan fingerprint density at radius 2 is 1.90 bits per heavy atom. The molecule has 3 heterocycles. The van der Waals surface area contributed by atoms with Crippen LogP contribution in [0.3, 0.4) is 0 Å². The third kappa shape index (κ3) is 5.71. The molecule has 3 atom stereocenters. The van der Waals surface area contributed by atoms with E-state index in [0.717, 1.165) is 42.2 Å². The number of thiazole rings is 1. The van der Waals surface area contributed by atoms with Gasteiger partial charge < -0.3 is 25.4 Å². The van der Waals surface area contributed by atoms with Crippen molar-refractivity contribution in [3.05, 3.63) is 61.6 Å². The molecule has 3 unspecified atom stereocenters. The number of nitrogens with one attached hydrogen (secondary N) is 3. The molecule has 0 bridgehead atoms. The molecule has 206 valence electrons. The van der Waals surface area contributed by atoms with E-state index >= 15 is 0 Å². The topological polar surface area (TPSA) is 128 Å². The van der Waals surface area contributed by atoms with Gasteiger partial charge in [0, 0.05) is 61.9 Å². The normalized spacial score (nSPS) is 21.3. The number of likely N-dealkylation sites (N-methyl/N-ethyl adjacent to an activating group) is 1. The van der Waals surface area contributed by atoms with Crippen LogP contribution >= 0.6 is 11.3 Å². The van der Waals surface area contributed by atoms with Crippen LogP contribution in [0.25, 0.3) is 10.9 Å². The van der Waals surface area contributed by atoms with Crippen molar-refractivity contribution in [3.8, 4) is 0 Å². The minimum atomic E-state index is -0.541. The third-order valence-electron chi connectivity index (χ3n) is 7.43. The Hall–Kier alpha value is -3.64. The van der Waals surface area contributed by atoms with Crippen LogP contribution < -0.4 is 16.1 Å². The number of fused-ring (bicyclic) bond motifs is 2. The number of amides is 3. The van der Waals surface area contributed by atoms with Crippen LogP contribution in [0.5, 0.6) is 0 Å². The van der Waals surface area contributed by atoms with Crippen molar-refractivity contribution in [2.24, 2.45) is 5.92 Å². The zero-order valence-electron chi connectivity index (χ0n) is 22.0. The predicted octanol–water partition coefficient (Wildman–Crippen LogP) is 1.90. The summed E-state index contributed by atoms with van der Waals surface area (Å²) in [6, 6.07) is 3.90. The second kappa shape index (κ2) is 10.9. The Bertz CT molecular complexity index is 1500. The highest BCUT2D eigenvalue weighted by Crippen LogP contribution is 2.28. The molecule has 5 rings (SSSR count). The van der Waals surface area contributed by atoms with Crippen LogP contribution in [-0.2, 0) is 17.8 Å². The summed E-state index contributed by atoms with van der Waals surface area (Å²) in [7, 11) is 5.42. The van der Waals surface area contributed by atoms with E-state index in [-0.39, 0.29) is 28.8 Å². The lowest BCUT2D eigenvalue weighted by molar-refractivity contribution is -0.134. The number of hydrogen-bond donors (Lipinski definition) is 3. The summed E-state index contributed by atoms with van der Waals surface area (Å²) in [5.41, 5.74) is 0.847. The fraction of sp³-hybridized carbons (Fsp3) is 0.444. The number of hydrogen-bond acceptors (Lipinski definition) is 7. The Morgan fingerprint density at radius 1 is 1.13 bits per heavy atom. The molecule has 2 aromatic heterocycles. The maximum atomic E-state index is 13.6. The number of carbonyl (C=O) groups is 3. The predicted molar refractivity (Wildman–Crippen MR) is 145 cm³/mol. The lowest BCUT2D eigenvalue weighted by atomic mass is 9.81. The summed E-state index contributed by atoms with van der Waals surface area (Å²) in [6.07, 6.45) is 2.14. The highest BCUT2D eigenvalue weighted by atomic mass is 32.1. The number of halogens is 1. The van der Waals surface area contributed by atoms with Crippen LogP contribution in [0.4, 0.5) is 4.39 Å². The Balaban J connectivity index is 1.36. The molecule has 10 nitrogen and oxygen atoms in total. The molecule has 0 saturated heterocycles. The van der Waals surface area contributed by atoms with Crippen LogP contribution in [-0.4, -0.2) is 77.3 Å². The van der Waals surface area contributed by atoms with Crippen molar-refractivity contribution < 1.29 is 18.8 Å². The molecule has 3 aromatic rings. The van der Waals surface area contributed by atoms with Gasteiger partial charge in [0.05, 0.1) is 17.3 Å². The van der Waals surface area contributed by atoms with Gasteiger partial charge in [-0.15, -0.1) is 11.3 Å². The van der Waals surface area contributed by atoms with Gasteiger partial charge in [-0.1, -0.05) is 0 Å². The molecular formula is C27H31FN6O4S. The summed E-state index contributed by atoms with van der Waals surface area (Å²) >= 11 is 1.37. The van der Waals surface area contributed by atoms with E-state index in [1.54, 1.807) is 14.1 Å². The molecule has 0 spiro atoms.